The molecule has 2 amide bonds. The van der Waals surface area contributed by atoms with Gasteiger partial charge in [-0.15, -0.1) is 11.3 Å². The van der Waals surface area contributed by atoms with Crippen molar-refractivity contribution in [3.8, 4) is 22.9 Å². The third-order valence-corrected chi connectivity index (χ3v) is 13.4. The Hall–Kier alpha value is -4.50. The SMILES string of the molecule is C[C@@H]1[C@H](N2CCCOc3c(Cl)c(-c4ccc(F)c5sc(NC(=O)OC(C)(C)C)c(C#N)c45)cc4c3C2=NC(OC[C@@]23CCCN2C[C@H](F)C3)N4F)CCN1C(=O)OC(C)(C)C. The zero-order chi connectivity index (χ0) is 43.8. The van der Waals surface area contributed by atoms with Gasteiger partial charge in [-0.2, -0.15) is 10.4 Å². The minimum absolute atomic E-state index is 0.000155. The Morgan fingerprint density at radius 1 is 1.11 bits per heavy atom. The van der Waals surface area contributed by atoms with Crippen molar-refractivity contribution in [3.05, 3.63) is 40.2 Å². The summed E-state index contributed by atoms with van der Waals surface area (Å²) in [4.78, 5) is 37.0. The fraction of sp³-hybridized carbons (Fsp3) is 0.581. The molecule has 3 saturated heterocycles. The highest BCUT2D eigenvalue weighted by Gasteiger charge is 2.50. The monoisotopic (exact) mass is 885 g/mol. The largest absolute Gasteiger partial charge is 0.491 e. The van der Waals surface area contributed by atoms with Gasteiger partial charge in [0.25, 0.3) is 6.35 Å². The number of thiophene rings is 1. The third-order valence-electron chi connectivity index (χ3n) is 12.0. The summed E-state index contributed by atoms with van der Waals surface area (Å²) in [6, 6.07) is 5.72. The molecule has 18 heteroatoms. The summed E-state index contributed by atoms with van der Waals surface area (Å²) < 4.78 is 71.9. The van der Waals surface area contributed by atoms with Crippen LogP contribution in [0.4, 0.5) is 33.5 Å². The number of nitrogens with one attached hydrogen (secondary N) is 1. The van der Waals surface area contributed by atoms with Gasteiger partial charge in [0.1, 0.15) is 40.1 Å². The molecule has 0 spiro atoms. The number of anilines is 2. The van der Waals surface area contributed by atoms with E-state index in [1.807, 2.05) is 27.7 Å². The number of carbonyl (C=O) groups is 2. The van der Waals surface area contributed by atoms with Crippen LogP contribution in [0.3, 0.4) is 0 Å². The smallest absolute Gasteiger partial charge is 0.412 e. The fourth-order valence-electron chi connectivity index (χ4n) is 9.42. The molecule has 1 N–H and O–H groups in total. The Morgan fingerprint density at radius 2 is 1.87 bits per heavy atom. The maximum absolute atomic E-state index is 17.4. The van der Waals surface area contributed by atoms with Gasteiger partial charge in [-0.1, -0.05) is 22.1 Å². The van der Waals surface area contributed by atoms with Gasteiger partial charge >= 0.3 is 12.2 Å². The minimum atomic E-state index is -1.51. The van der Waals surface area contributed by atoms with Crippen LogP contribution in [0.5, 0.6) is 5.75 Å². The molecule has 0 bridgehead atoms. The van der Waals surface area contributed by atoms with Crippen LogP contribution < -0.4 is 15.2 Å². The van der Waals surface area contributed by atoms with E-state index in [2.05, 4.69) is 21.2 Å². The van der Waals surface area contributed by atoms with E-state index in [-0.39, 0.29) is 80.0 Å². The van der Waals surface area contributed by atoms with Crippen LogP contribution in [0.15, 0.2) is 23.2 Å². The summed E-state index contributed by atoms with van der Waals surface area (Å²) in [6.45, 7) is 14.6. The van der Waals surface area contributed by atoms with Gasteiger partial charge in [-0.25, -0.2) is 23.4 Å². The molecule has 2 aromatic carbocycles. The first-order chi connectivity index (χ1) is 28.8. The van der Waals surface area contributed by atoms with Crippen LogP contribution in [0.25, 0.3) is 21.2 Å². The molecule has 5 atom stereocenters. The molecule has 6 heterocycles. The number of carbonyl (C=O) groups excluding carboxylic acids is 2. The van der Waals surface area contributed by atoms with Crippen LogP contribution in [0, 0.1) is 17.1 Å². The number of halogens is 4. The van der Waals surface area contributed by atoms with E-state index in [0.717, 1.165) is 24.3 Å². The number of fused-ring (bicyclic) bond motifs is 2. The second-order valence-corrected chi connectivity index (χ2v) is 19.8. The lowest BCUT2D eigenvalue weighted by atomic mass is 9.94. The predicted molar refractivity (Wildman–Crippen MR) is 227 cm³/mol. The van der Waals surface area contributed by atoms with Crippen molar-refractivity contribution >= 4 is 61.7 Å². The van der Waals surface area contributed by atoms with Crippen molar-refractivity contribution in [3.63, 3.8) is 0 Å². The number of alkyl halides is 1. The molecule has 13 nitrogen and oxygen atoms in total. The van der Waals surface area contributed by atoms with Crippen molar-refractivity contribution in [2.75, 3.05) is 49.8 Å². The molecule has 0 radical (unpaired) electrons. The van der Waals surface area contributed by atoms with E-state index in [4.69, 9.17) is 35.5 Å². The zero-order valence-electron chi connectivity index (χ0n) is 35.4. The van der Waals surface area contributed by atoms with Crippen LogP contribution in [-0.2, 0) is 14.2 Å². The summed E-state index contributed by atoms with van der Waals surface area (Å²) in [7, 11) is 0. The average Bonchev–Trinajstić information content (AvgIpc) is 3.91. The number of ether oxygens (including phenoxy) is 4. The number of benzene rings is 2. The molecule has 3 fully saturated rings. The number of hydrogen-bond donors (Lipinski definition) is 1. The molecule has 5 aliphatic rings. The summed E-state index contributed by atoms with van der Waals surface area (Å²) in [5, 5.41) is 13.8. The number of aliphatic imine (C=N–C) groups is 1. The van der Waals surface area contributed by atoms with E-state index >= 15 is 8.87 Å². The highest BCUT2D eigenvalue weighted by atomic mass is 35.5. The molecule has 328 valence electrons. The van der Waals surface area contributed by atoms with Gasteiger partial charge < -0.3 is 28.7 Å². The van der Waals surface area contributed by atoms with Gasteiger partial charge in [-0.3, -0.25) is 10.2 Å². The molecular weight excluding hydrogens is 835 g/mol. The number of rotatable bonds is 6. The van der Waals surface area contributed by atoms with Gasteiger partial charge in [0, 0.05) is 42.5 Å². The van der Waals surface area contributed by atoms with Crippen LogP contribution in [-0.4, -0.2) is 113 Å². The lowest BCUT2D eigenvalue weighted by molar-refractivity contribution is -0.0283. The van der Waals surface area contributed by atoms with Gasteiger partial charge in [0.15, 0.2) is 5.75 Å². The predicted octanol–water partition coefficient (Wildman–Crippen LogP) is 9.39. The number of nitrogens with zero attached hydrogens (tertiary/aromatic N) is 6. The summed E-state index contributed by atoms with van der Waals surface area (Å²) >= 11 is 8.19. The van der Waals surface area contributed by atoms with Crippen molar-refractivity contribution in [2.45, 2.75) is 122 Å². The van der Waals surface area contributed by atoms with Gasteiger partial charge in [-0.05, 0) is 98.4 Å². The van der Waals surface area contributed by atoms with E-state index in [9.17, 15) is 19.2 Å². The van der Waals surface area contributed by atoms with Crippen molar-refractivity contribution < 1.29 is 41.8 Å². The first kappa shape index (κ1) is 43.2. The summed E-state index contributed by atoms with van der Waals surface area (Å²) in [5.41, 5.74) is -1.37. The Morgan fingerprint density at radius 3 is 2.59 bits per heavy atom. The van der Waals surface area contributed by atoms with Crippen molar-refractivity contribution in [1.29, 1.82) is 5.26 Å². The maximum Gasteiger partial charge on any atom is 0.412 e. The van der Waals surface area contributed by atoms with E-state index in [1.54, 1.807) is 25.7 Å². The molecule has 0 aliphatic carbocycles. The number of hydrogen-bond acceptors (Lipinski definition) is 12. The maximum atomic E-state index is 17.4. The highest BCUT2D eigenvalue weighted by molar-refractivity contribution is 7.23. The Labute approximate surface area is 362 Å². The molecule has 1 unspecified atom stereocenters. The normalized spacial score (nSPS) is 25.3. The quantitative estimate of drug-likeness (QED) is 0.239. The van der Waals surface area contributed by atoms with E-state index in [0.29, 0.717) is 55.4 Å². The Balaban J connectivity index is 1.25. The molecule has 1 aromatic heterocycles. The molecule has 5 aliphatic heterocycles. The molecule has 8 rings (SSSR count). The Kier molecular flexibility index (Phi) is 11.3. The number of amidine groups is 1. The van der Waals surface area contributed by atoms with Crippen LogP contribution in [0.1, 0.15) is 91.7 Å². The first-order valence-corrected chi connectivity index (χ1v) is 21.9. The van der Waals surface area contributed by atoms with Crippen LogP contribution in [0.2, 0.25) is 5.02 Å². The highest BCUT2D eigenvalue weighted by Crippen LogP contribution is 2.51. The summed E-state index contributed by atoms with van der Waals surface area (Å²) in [5.74, 6) is -0.155. The number of nitriles is 1. The van der Waals surface area contributed by atoms with E-state index < -0.39 is 47.3 Å². The molecule has 3 aromatic rings. The zero-order valence-corrected chi connectivity index (χ0v) is 36.9. The standard InChI is InChI=1S/C43H51ClF3N7O6S/c1-23-29(12-16-52(23)40(56)60-42(5,6)7)53-15-9-17-57-34-32-30(54(47)38(49-36(32)53)58-22-43-13-8-14-51(43)21-24(45)19-43)18-26(33(34)44)25-10-11-28(46)35-31(25)27(20-48)37(61-35)50-39(55)59-41(2,3)4/h10-11,18,23-24,29,38H,8-9,12-17,19,21-22H2,1-7H3,(H,50,55)/t23-,24-,29-,38?,43+/m1/s1. The third kappa shape index (κ3) is 8.05. The van der Waals surface area contributed by atoms with Gasteiger partial charge in [0.2, 0.25) is 0 Å². The topological polar surface area (TPSA) is 132 Å². The number of amides is 2. The molecule has 0 saturated carbocycles. The van der Waals surface area contributed by atoms with Crippen molar-refractivity contribution in [1.82, 2.24) is 14.7 Å². The number of likely N-dealkylation sites (tertiary alicyclic amines) is 1. The second-order valence-electron chi connectivity index (χ2n) is 18.4. The van der Waals surface area contributed by atoms with E-state index in [1.165, 1.54) is 18.2 Å². The summed E-state index contributed by atoms with van der Waals surface area (Å²) in [6.07, 6.45) is -0.854. The first-order valence-electron chi connectivity index (χ1n) is 20.7. The van der Waals surface area contributed by atoms with Crippen LogP contribution >= 0.6 is 22.9 Å². The second kappa shape index (κ2) is 16.0. The molecular formula is C43H51ClF3N7O6S. The lowest BCUT2D eigenvalue weighted by Gasteiger charge is -2.42. The molecule has 61 heavy (non-hydrogen) atoms. The Bertz CT molecular complexity index is 2330. The minimum Gasteiger partial charge on any atom is -0.491 e. The van der Waals surface area contributed by atoms with Crippen molar-refractivity contribution in [2.24, 2.45) is 4.99 Å². The fourth-order valence-corrected chi connectivity index (χ4v) is 10.8. The average molecular weight is 886 g/mol. The lowest BCUT2D eigenvalue weighted by Crippen LogP contribution is -2.52. The van der Waals surface area contributed by atoms with Gasteiger partial charge in [0.05, 0.1) is 51.8 Å².